The van der Waals surface area contributed by atoms with Gasteiger partial charge in [-0.15, -0.1) is 0 Å². The van der Waals surface area contributed by atoms with Crippen LogP contribution >= 0.6 is 11.6 Å². The molecule has 0 radical (unpaired) electrons. The number of hydrogen-bond acceptors (Lipinski definition) is 3. The predicted octanol–water partition coefficient (Wildman–Crippen LogP) is 3.97. The molecule has 19 heavy (non-hydrogen) atoms. The molecule has 3 N–H and O–H groups in total. The topological polar surface area (TPSA) is 50.9 Å². The zero-order valence-electron chi connectivity index (χ0n) is 10.4. The lowest BCUT2D eigenvalue weighted by molar-refractivity contribution is 0.629. The summed E-state index contributed by atoms with van der Waals surface area (Å²) in [5, 5.41) is 1.00. The van der Waals surface area contributed by atoms with Crippen molar-refractivity contribution >= 4 is 28.2 Å². The molecule has 100 valence electrons. The first-order valence-electron chi connectivity index (χ1n) is 6.45. The summed E-state index contributed by atoms with van der Waals surface area (Å²) in [6, 6.07) is 4.62. The molecule has 0 unspecified atom stereocenters. The van der Waals surface area contributed by atoms with Crippen molar-refractivity contribution in [2.75, 3.05) is 5.43 Å². The summed E-state index contributed by atoms with van der Waals surface area (Å²) in [5.41, 5.74) is 4.88. The van der Waals surface area contributed by atoms with Crippen molar-refractivity contribution in [1.29, 1.82) is 0 Å². The molecule has 5 heteroatoms. The number of hydrazine groups is 1. The molecule has 1 aliphatic carbocycles. The molecule has 0 bridgehead atoms. The number of nitrogens with zero attached hydrogens (tertiary/aromatic N) is 1. The van der Waals surface area contributed by atoms with Gasteiger partial charge in [-0.1, -0.05) is 24.4 Å². The largest absolute Gasteiger partial charge is 0.323 e. The van der Waals surface area contributed by atoms with Crippen molar-refractivity contribution in [3.63, 3.8) is 0 Å². The smallest absolute Gasteiger partial charge is 0.126 e. The van der Waals surface area contributed by atoms with E-state index in [1.165, 1.54) is 25.0 Å². The van der Waals surface area contributed by atoms with Crippen LogP contribution in [0.3, 0.4) is 0 Å². The number of rotatable bonds is 2. The molecule has 1 aromatic carbocycles. The van der Waals surface area contributed by atoms with Crippen molar-refractivity contribution < 1.29 is 4.39 Å². The molecule has 1 aliphatic rings. The minimum atomic E-state index is -0.378. The molecular formula is C14H15ClFN3. The monoisotopic (exact) mass is 279 g/mol. The average molecular weight is 280 g/mol. The van der Waals surface area contributed by atoms with E-state index in [1.54, 1.807) is 0 Å². The van der Waals surface area contributed by atoms with Gasteiger partial charge in [0, 0.05) is 23.1 Å². The maximum atomic E-state index is 13.5. The number of nitrogen functional groups attached to an aromatic ring is 1. The lowest BCUT2D eigenvalue weighted by atomic mass is 10.0. The number of benzene rings is 1. The summed E-state index contributed by atoms with van der Waals surface area (Å²) < 4.78 is 13.5. The molecule has 1 fully saturated rings. The standard InChI is InChI=1S/C14H15ClFN3/c15-10-5-9(16)6-12-14(10)13(19-17)7-11(18-12)8-3-1-2-4-8/h5-8H,1-4,17H2,(H,18,19). The van der Waals surface area contributed by atoms with Crippen molar-refractivity contribution in [2.24, 2.45) is 5.84 Å². The maximum Gasteiger partial charge on any atom is 0.126 e. The molecule has 0 aliphatic heterocycles. The first-order valence-corrected chi connectivity index (χ1v) is 6.83. The van der Waals surface area contributed by atoms with Crippen LogP contribution in [0.5, 0.6) is 0 Å². The fraction of sp³-hybridized carbons (Fsp3) is 0.357. The molecule has 0 atom stereocenters. The second kappa shape index (κ2) is 4.94. The molecule has 0 spiro atoms. The van der Waals surface area contributed by atoms with Crippen molar-refractivity contribution in [2.45, 2.75) is 31.6 Å². The Balaban J connectivity index is 2.21. The third kappa shape index (κ3) is 2.26. The quantitative estimate of drug-likeness (QED) is 0.646. The van der Waals surface area contributed by atoms with E-state index in [4.69, 9.17) is 17.4 Å². The van der Waals surface area contributed by atoms with Gasteiger partial charge in [-0.2, -0.15) is 0 Å². The van der Waals surface area contributed by atoms with Crippen molar-refractivity contribution in [3.05, 3.63) is 34.7 Å². The van der Waals surface area contributed by atoms with Gasteiger partial charge in [-0.25, -0.2) is 4.39 Å². The fourth-order valence-corrected chi connectivity index (χ4v) is 3.15. The molecule has 0 amide bonds. The number of aromatic nitrogens is 1. The van der Waals surface area contributed by atoms with E-state index in [1.807, 2.05) is 6.07 Å². The van der Waals surface area contributed by atoms with E-state index in [0.29, 0.717) is 27.5 Å². The Morgan fingerprint density at radius 1 is 1.26 bits per heavy atom. The van der Waals surface area contributed by atoms with Gasteiger partial charge in [-0.05, 0) is 25.0 Å². The zero-order chi connectivity index (χ0) is 13.4. The maximum absolute atomic E-state index is 13.5. The Hall–Kier alpha value is -1.39. The van der Waals surface area contributed by atoms with Gasteiger partial charge >= 0.3 is 0 Å². The molecule has 2 aromatic rings. The van der Waals surface area contributed by atoms with Gasteiger partial charge in [0.15, 0.2) is 0 Å². The summed E-state index contributed by atoms with van der Waals surface area (Å²) in [5.74, 6) is 5.63. The van der Waals surface area contributed by atoms with Crippen LogP contribution in [-0.4, -0.2) is 4.98 Å². The van der Waals surface area contributed by atoms with Crippen LogP contribution in [0.4, 0.5) is 10.1 Å². The summed E-state index contributed by atoms with van der Waals surface area (Å²) in [7, 11) is 0. The zero-order valence-corrected chi connectivity index (χ0v) is 11.2. The van der Waals surface area contributed by atoms with Crippen LogP contribution in [0.15, 0.2) is 18.2 Å². The van der Waals surface area contributed by atoms with Gasteiger partial charge in [0.25, 0.3) is 0 Å². The second-order valence-electron chi connectivity index (χ2n) is 5.00. The van der Waals surface area contributed by atoms with Gasteiger partial charge < -0.3 is 5.43 Å². The molecule has 3 rings (SSSR count). The molecule has 1 heterocycles. The number of nitrogens with two attached hydrogens (primary N) is 1. The minimum absolute atomic E-state index is 0.327. The highest BCUT2D eigenvalue weighted by Crippen LogP contribution is 2.37. The first kappa shape index (κ1) is 12.6. The highest BCUT2D eigenvalue weighted by atomic mass is 35.5. The van der Waals surface area contributed by atoms with Crippen molar-refractivity contribution in [1.82, 2.24) is 4.98 Å². The molecule has 3 nitrogen and oxygen atoms in total. The highest BCUT2D eigenvalue weighted by Gasteiger charge is 2.20. The highest BCUT2D eigenvalue weighted by molar-refractivity contribution is 6.36. The number of nitrogens with one attached hydrogen (secondary N) is 1. The van der Waals surface area contributed by atoms with E-state index in [-0.39, 0.29) is 5.82 Å². The van der Waals surface area contributed by atoms with Gasteiger partial charge in [0.2, 0.25) is 0 Å². The lowest BCUT2D eigenvalue weighted by Gasteiger charge is -2.14. The van der Waals surface area contributed by atoms with E-state index < -0.39 is 0 Å². The Kier molecular flexibility index (Phi) is 3.29. The Morgan fingerprint density at radius 3 is 2.68 bits per heavy atom. The van der Waals surface area contributed by atoms with Crippen LogP contribution in [0, 0.1) is 5.82 Å². The fourth-order valence-electron chi connectivity index (χ4n) is 2.85. The predicted molar refractivity (Wildman–Crippen MR) is 75.7 cm³/mol. The van der Waals surface area contributed by atoms with Gasteiger partial charge in [0.05, 0.1) is 16.2 Å². The number of hydrogen-bond donors (Lipinski definition) is 2. The van der Waals surface area contributed by atoms with Crippen LogP contribution in [-0.2, 0) is 0 Å². The number of halogens is 2. The average Bonchev–Trinajstić information content (AvgIpc) is 2.90. The van der Waals surface area contributed by atoms with E-state index >= 15 is 0 Å². The van der Waals surface area contributed by atoms with Crippen LogP contribution in [0.1, 0.15) is 37.3 Å². The summed E-state index contributed by atoms with van der Waals surface area (Å²) in [4.78, 5) is 4.57. The SMILES string of the molecule is NNc1cc(C2CCCC2)nc2cc(F)cc(Cl)c12. The number of fused-ring (bicyclic) bond motifs is 1. The number of pyridine rings is 1. The van der Waals surface area contributed by atoms with Crippen LogP contribution in [0.2, 0.25) is 5.02 Å². The second-order valence-corrected chi connectivity index (χ2v) is 5.41. The third-order valence-electron chi connectivity index (χ3n) is 3.77. The molecule has 1 saturated carbocycles. The number of anilines is 1. The summed E-state index contributed by atoms with van der Waals surface area (Å²) in [6.45, 7) is 0. The molecular weight excluding hydrogens is 265 g/mol. The van der Waals surface area contributed by atoms with Gasteiger partial charge in [0.1, 0.15) is 5.82 Å². The van der Waals surface area contributed by atoms with Gasteiger partial charge in [-0.3, -0.25) is 10.8 Å². The van der Waals surface area contributed by atoms with Crippen LogP contribution < -0.4 is 11.3 Å². The third-order valence-corrected chi connectivity index (χ3v) is 4.07. The van der Waals surface area contributed by atoms with E-state index in [0.717, 1.165) is 18.5 Å². The first-order chi connectivity index (χ1) is 9.19. The normalized spacial score (nSPS) is 16.2. The summed E-state index contributed by atoms with van der Waals surface area (Å²) >= 11 is 6.08. The minimum Gasteiger partial charge on any atom is -0.323 e. The Morgan fingerprint density at radius 2 is 2.00 bits per heavy atom. The molecule has 0 saturated heterocycles. The Bertz CT molecular complexity index is 624. The van der Waals surface area contributed by atoms with E-state index in [2.05, 4.69) is 10.4 Å². The lowest BCUT2D eigenvalue weighted by Crippen LogP contribution is -2.09. The Labute approximate surface area is 115 Å². The van der Waals surface area contributed by atoms with Crippen molar-refractivity contribution in [3.8, 4) is 0 Å². The summed E-state index contributed by atoms with van der Waals surface area (Å²) in [6.07, 6.45) is 4.70. The van der Waals surface area contributed by atoms with Crippen LogP contribution in [0.25, 0.3) is 10.9 Å². The molecule has 1 aromatic heterocycles. The van der Waals surface area contributed by atoms with E-state index in [9.17, 15) is 4.39 Å².